The summed E-state index contributed by atoms with van der Waals surface area (Å²) in [6, 6.07) is 6.89. The first-order valence-electron chi connectivity index (χ1n) is 5.62. The Balaban J connectivity index is 2.14. The third-order valence-electron chi connectivity index (χ3n) is 2.58. The minimum absolute atomic E-state index is 0.147. The van der Waals surface area contributed by atoms with Gasteiger partial charge in [0.1, 0.15) is 4.21 Å². The molecule has 7 heteroatoms. The summed E-state index contributed by atoms with van der Waals surface area (Å²) < 4.78 is 26.9. The Labute approximate surface area is 116 Å². The second kappa shape index (κ2) is 5.79. The molecule has 0 aliphatic carbocycles. The molecule has 0 fully saturated rings. The van der Waals surface area contributed by atoms with Gasteiger partial charge in [0.25, 0.3) is 0 Å². The summed E-state index contributed by atoms with van der Waals surface area (Å²) in [5, 5.41) is 9.09. The van der Waals surface area contributed by atoms with Crippen molar-refractivity contribution in [2.45, 2.75) is 24.3 Å². The molecule has 0 aliphatic heterocycles. The molecule has 0 amide bonds. The minimum Gasteiger partial charge on any atom is -0.391 e. The number of aromatic nitrogens is 1. The monoisotopic (exact) mass is 298 g/mol. The number of aryl methyl sites for hydroxylation is 1. The van der Waals surface area contributed by atoms with E-state index < -0.39 is 10.0 Å². The minimum atomic E-state index is -3.55. The molecule has 2 aromatic heterocycles. The lowest BCUT2D eigenvalue weighted by Crippen LogP contribution is -2.22. The Bertz CT molecular complexity index is 651. The SMILES string of the molecule is Cc1cc(S(=O)(=O)NCc2ccccn2)sc1CO. The van der Waals surface area contributed by atoms with Gasteiger partial charge in [-0.3, -0.25) is 4.98 Å². The Morgan fingerprint density at radius 1 is 1.42 bits per heavy atom. The van der Waals surface area contributed by atoms with Gasteiger partial charge in [0.05, 0.1) is 18.8 Å². The van der Waals surface area contributed by atoms with Crippen LogP contribution >= 0.6 is 11.3 Å². The van der Waals surface area contributed by atoms with E-state index in [9.17, 15) is 8.42 Å². The molecule has 0 aliphatic rings. The predicted molar refractivity (Wildman–Crippen MR) is 73.2 cm³/mol. The van der Waals surface area contributed by atoms with Crippen molar-refractivity contribution in [3.8, 4) is 0 Å². The largest absolute Gasteiger partial charge is 0.391 e. The van der Waals surface area contributed by atoms with Gasteiger partial charge in [-0.2, -0.15) is 0 Å². The molecule has 0 atom stereocenters. The van der Waals surface area contributed by atoms with Crippen LogP contribution in [-0.4, -0.2) is 18.5 Å². The fourth-order valence-electron chi connectivity index (χ4n) is 1.52. The van der Waals surface area contributed by atoms with Crippen molar-refractivity contribution < 1.29 is 13.5 Å². The van der Waals surface area contributed by atoms with Gasteiger partial charge in [0.2, 0.25) is 10.0 Å². The second-order valence-corrected chi connectivity index (χ2v) is 7.11. The second-order valence-electron chi connectivity index (χ2n) is 3.98. The molecule has 2 N–H and O–H groups in total. The van der Waals surface area contributed by atoms with Crippen LogP contribution in [0.1, 0.15) is 16.1 Å². The van der Waals surface area contributed by atoms with E-state index in [4.69, 9.17) is 5.11 Å². The number of sulfonamides is 1. The average Bonchev–Trinajstić information content (AvgIpc) is 2.80. The molecule has 0 bridgehead atoms. The number of nitrogens with one attached hydrogen (secondary N) is 1. The van der Waals surface area contributed by atoms with Gasteiger partial charge in [-0.1, -0.05) is 6.07 Å². The number of hydrogen-bond donors (Lipinski definition) is 2. The molecule has 19 heavy (non-hydrogen) atoms. The van der Waals surface area contributed by atoms with Crippen LogP contribution in [0.15, 0.2) is 34.7 Å². The summed E-state index contributed by atoms with van der Waals surface area (Å²) in [4.78, 5) is 4.72. The highest BCUT2D eigenvalue weighted by Crippen LogP contribution is 2.25. The number of aliphatic hydroxyl groups excluding tert-OH is 1. The summed E-state index contributed by atoms with van der Waals surface area (Å²) in [5.74, 6) is 0. The number of hydrogen-bond acceptors (Lipinski definition) is 5. The fraction of sp³-hybridized carbons (Fsp3) is 0.250. The summed E-state index contributed by atoms with van der Waals surface area (Å²) in [5.41, 5.74) is 1.44. The third-order valence-corrected chi connectivity index (χ3v) is 5.67. The van der Waals surface area contributed by atoms with Crippen molar-refractivity contribution in [1.82, 2.24) is 9.71 Å². The Hall–Kier alpha value is -1.28. The van der Waals surface area contributed by atoms with Gasteiger partial charge in [-0.05, 0) is 30.7 Å². The van der Waals surface area contributed by atoms with Crippen LogP contribution in [0.25, 0.3) is 0 Å². The zero-order valence-corrected chi connectivity index (χ0v) is 12.0. The van der Waals surface area contributed by atoms with Crippen LogP contribution in [-0.2, 0) is 23.2 Å². The average molecular weight is 298 g/mol. The van der Waals surface area contributed by atoms with Gasteiger partial charge in [0, 0.05) is 11.1 Å². The van der Waals surface area contributed by atoms with E-state index >= 15 is 0 Å². The highest BCUT2D eigenvalue weighted by atomic mass is 32.2. The third kappa shape index (κ3) is 3.38. The number of thiophene rings is 1. The molecule has 0 saturated carbocycles. The van der Waals surface area contributed by atoms with Crippen molar-refractivity contribution in [2.24, 2.45) is 0 Å². The quantitative estimate of drug-likeness (QED) is 0.875. The number of aliphatic hydroxyl groups is 1. The molecule has 5 nitrogen and oxygen atoms in total. The first-order chi connectivity index (χ1) is 9.03. The standard InChI is InChI=1S/C12H14N2O3S2/c1-9-6-12(18-11(9)8-15)19(16,17)14-7-10-4-2-3-5-13-10/h2-6,14-15H,7-8H2,1H3. The topological polar surface area (TPSA) is 79.3 Å². The Morgan fingerprint density at radius 2 is 2.21 bits per heavy atom. The maximum Gasteiger partial charge on any atom is 0.250 e. The first kappa shape index (κ1) is 14.1. The first-order valence-corrected chi connectivity index (χ1v) is 7.92. The van der Waals surface area contributed by atoms with Gasteiger partial charge in [0.15, 0.2) is 0 Å². The Morgan fingerprint density at radius 3 is 2.79 bits per heavy atom. The lowest BCUT2D eigenvalue weighted by Gasteiger charge is -2.03. The van der Waals surface area contributed by atoms with Gasteiger partial charge >= 0.3 is 0 Å². The summed E-state index contributed by atoms with van der Waals surface area (Å²) in [6.07, 6.45) is 1.61. The van der Waals surface area contributed by atoms with E-state index in [-0.39, 0.29) is 17.4 Å². The fourth-order valence-corrected chi connectivity index (χ4v) is 4.01. The number of rotatable bonds is 5. The van der Waals surface area contributed by atoms with E-state index in [1.165, 1.54) is 0 Å². The maximum atomic E-state index is 12.1. The van der Waals surface area contributed by atoms with Crippen molar-refractivity contribution in [3.05, 3.63) is 46.6 Å². The van der Waals surface area contributed by atoms with Crippen molar-refractivity contribution in [2.75, 3.05) is 0 Å². The summed E-state index contributed by atoms with van der Waals surface area (Å²) in [6.45, 7) is 1.78. The predicted octanol–water partition coefficient (Wildman–Crippen LogP) is 1.42. The molecule has 2 heterocycles. The van der Waals surface area contributed by atoms with Crippen LogP contribution in [0.4, 0.5) is 0 Å². The molecule has 2 aromatic rings. The summed E-state index contributed by atoms with van der Waals surface area (Å²) in [7, 11) is -3.55. The molecule has 0 saturated heterocycles. The number of nitrogens with zero attached hydrogens (tertiary/aromatic N) is 1. The summed E-state index contributed by atoms with van der Waals surface area (Å²) >= 11 is 1.08. The van der Waals surface area contributed by atoms with Crippen LogP contribution in [0, 0.1) is 6.92 Å². The van der Waals surface area contributed by atoms with E-state index in [2.05, 4.69) is 9.71 Å². The molecule has 102 valence electrons. The smallest absolute Gasteiger partial charge is 0.250 e. The lowest BCUT2D eigenvalue weighted by molar-refractivity contribution is 0.285. The van der Waals surface area contributed by atoms with E-state index in [0.29, 0.717) is 10.6 Å². The molecular formula is C12H14N2O3S2. The van der Waals surface area contributed by atoms with Crippen molar-refractivity contribution in [1.29, 1.82) is 0 Å². The van der Waals surface area contributed by atoms with Crippen LogP contribution in [0.5, 0.6) is 0 Å². The van der Waals surface area contributed by atoms with Gasteiger partial charge < -0.3 is 5.11 Å². The van der Waals surface area contributed by atoms with Gasteiger partial charge in [-0.15, -0.1) is 11.3 Å². The normalized spacial score (nSPS) is 11.7. The van der Waals surface area contributed by atoms with E-state index in [0.717, 1.165) is 16.9 Å². The maximum absolute atomic E-state index is 12.1. The molecule has 2 rings (SSSR count). The van der Waals surface area contributed by atoms with Crippen LogP contribution in [0.2, 0.25) is 0 Å². The molecule has 0 aromatic carbocycles. The van der Waals surface area contributed by atoms with E-state index in [1.807, 2.05) is 0 Å². The highest BCUT2D eigenvalue weighted by molar-refractivity contribution is 7.91. The number of pyridine rings is 1. The highest BCUT2D eigenvalue weighted by Gasteiger charge is 2.18. The van der Waals surface area contributed by atoms with Gasteiger partial charge in [-0.25, -0.2) is 13.1 Å². The lowest BCUT2D eigenvalue weighted by atomic mass is 10.3. The van der Waals surface area contributed by atoms with Crippen LogP contribution in [0.3, 0.4) is 0 Å². The zero-order valence-electron chi connectivity index (χ0n) is 10.3. The molecule has 0 radical (unpaired) electrons. The van der Waals surface area contributed by atoms with E-state index in [1.54, 1.807) is 37.4 Å². The molecular weight excluding hydrogens is 284 g/mol. The van der Waals surface area contributed by atoms with Crippen LogP contribution < -0.4 is 4.72 Å². The van der Waals surface area contributed by atoms with Crippen molar-refractivity contribution >= 4 is 21.4 Å². The Kier molecular flexibility index (Phi) is 4.31. The zero-order chi connectivity index (χ0) is 13.9. The van der Waals surface area contributed by atoms with Crippen molar-refractivity contribution in [3.63, 3.8) is 0 Å². The molecule has 0 unspecified atom stereocenters. The molecule has 0 spiro atoms.